The third-order valence-electron chi connectivity index (χ3n) is 3.68. The first-order valence-electron chi connectivity index (χ1n) is 6.01. The van der Waals surface area contributed by atoms with E-state index < -0.39 is 0 Å². The summed E-state index contributed by atoms with van der Waals surface area (Å²) in [4.78, 5) is 0. The lowest BCUT2D eigenvalue weighted by molar-refractivity contribution is 0.164. The molecule has 82 valence electrons. The number of aliphatic hydroxyl groups excluding tert-OH is 1. The highest BCUT2D eigenvalue weighted by Crippen LogP contribution is 2.35. The average Bonchev–Trinajstić information content (AvgIpc) is 2.75. The molecule has 0 unspecified atom stereocenters. The van der Waals surface area contributed by atoms with Gasteiger partial charge in [-0.05, 0) is 29.2 Å². The molecular weight excluding hydrogens is 196 g/mol. The van der Waals surface area contributed by atoms with Gasteiger partial charge in [0.05, 0.1) is 6.10 Å². The Morgan fingerprint density at radius 2 is 1.75 bits per heavy atom. The van der Waals surface area contributed by atoms with Crippen LogP contribution in [-0.2, 0) is 0 Å². The van der Waals surface area contributed by atoms with Crippen LogP contribution in [0.25, 0.3) is 10.8 Å². The Kier molecular flexibility index (Phi) is 2.41. The van der Waals surface area contributed by atoms with Crippen molar-refractivity contribution in [1.82, 2.24) is 0 Å². The van der Waals surface area contributed by atoms with Gasteiger partial charge in [-0.3, -0.25) is 0 Å². The van der Waals surface area contributed by atoms with Crippen LogP contribution in [0.3, 0.4) is 0 Å². The molecular formula is C15H16O. The lowest BCUT2D eigenvalue weighted by atomic mass is 9.93. The first-order valence-corrected chi connectivity index (χ1v) is 6.01. The van der Waals surface area contributed by atoms with Crippen molar-refractivity contribution in [2.24, 2.45) is 0 Å². The molecule has 0 amide bonds. The van der Waals surface area contributed by atoms with Crippen LogP contribution in [0.1, 0.15) is 30.7 Å². The molecule has 1 aliphatic rings. The average molecular weight is 212 g/mol. The zero-order valence-electron chi connectivity index (χ0n) is 9.26. The molecule has 2 aromatic carbocycles. The van der Waals surface area contributed by atoms with Crippen molar-refractivity contribution in [3.05, 3.63) is 48.0 Å². The largest absolute Gasteiger partial charge is 0.392 e. The standard InChI is InChI=1S/C15H16O/c16-15-7-3-6-14(15)13-9-8-11-4-1-2-5-12(11)10-13/h1-2,4-5,8-10,14-16H,3,6-7H2/t14-,15-/m0/s1. The number of rotatable bonds is 1. The van der Waals surface area contributed by atoms with E-state index in [9.17, 15) is 5.11 Å². The summed E-state index contributed by atoms with van der Waals surface area (Å²) < 4.78 is 0. The molecule has 1 heteroatoms. The van der Waals surface area contributed by atoms with E-state index in [-0.39, 0.29) is 6.10 Å². The quantitative estimate of drug-likeness (QED) is 0.767. The minimum absolute atomic E-state index is 0.138. The Bertz CT molecular complexity index is 504. The summed E-state index contributed by atoms with van der Waals surface area (Å²) in [6.07, 6.45) is 3.09. The van der Waals surface area contributed by atoms with Crippen molar-refractivity contribution in [2.75, 3.05) is 0 Å². The molecule has 0 heterocycles. The predicted molar refractivity (Wildman–Crippen MR) is 66.5 cm³/mol. The van der Waals surface area contributed by atoms with Gasteiger partial charge in [-0.1, -0.05) is 48.9 Å². The monoisotopic (exact) mass is 212 g/mol. The zero-order valence-corrected chi connectivity index (χ0v) is 9.26. The molecule has 1 aliphatic carbocycles. The van der Waals surface area contributed by atoms with E-state index >= 15 is 0 Å². The number of aliphatic hydroxyl groups is 1. The van der Waals surface area contributed by atoms with Gasteiger partial charge >= 0.3 is 0 Å². The second-order valence-electron chi connectivity index (χ2n) is 4.71. The summed E-state index contributed by atoms with van der Waals surface area (Å²) in [5.41, 5.74) is 1.30. The highest BCUT2D eigenvalue weighted by molar-refractivity contribution is 5.83. The van der Waals surface area contributed by atoms with Crippen LogP contribution in [0.5, 0.6) is 0 Å². The van der Waals surface area contributed by atoms with Crippen molar-refractivity contribution >= 4 is 10.8 Å². The Morgan fingerprint density at radius 1 is 0.938 bits per heavy atom. The maximum atomic E-state index is 9.91. The number of hydrogen-bond acceptors (Lipinski definition) is 1. The van der Waals surface area contributed by atoms with Gasteiger partial charge in [-0.25, -0.2) is 0 Å². The molecule has 1 N–H and O–H groups in total. The Balaban J connectivity index is 2.04. The Labute approximate surface area is 95.7 Å². The third kappa shape index (κ3) is 1.61. The van der Waals surface area contributed by atoms with Crippen LogP contribution < -0.4 is 0 Å². The Morgan fingerprint density at radius 3 is 2.50 bits per heavy atom. The summed E-state index contributed by atoms with van der Waals surface area (Å²) in [5, 5.41) is 12.5. The van der Waals surface area contributed by atoms with Crippen molar-refractivity contribution in [1.29, 1.82) is 0 Å². The van der Waals surface area contributed by atoms with Gasteiger partial charge in [0, 0.05) is 5.92 Å². The van der Waals surface area contributed by atoms with Crippen molar-refractivity contribution in [3.8, 4) is 0 Å². The van der Waals surface area contributed by atoms with Crippen LogP contribution in [-0.4, -0.2) is 11.2 Å². The molecule has 0 saturated heterocycles. The summed E-state index contributed by atoms with van der Waals surface area (Å²) in [6.45, 7) is 0. The van der Waals surface area contributed by atoms with Crippen molar-refractivity contribution in [2.45, 2.75) is 31.3 Å². The second-order valence-corrected chi connectivity index (χ2v) is 4.71. The van der Waals surface area contributed by atoms with Gasteiger partial charge in [0.15, 0.2) is 0 Å². The SMILES string of the molecule is O[C@H]1CCC[C@H]1c1ccc2ccccc2c1. The lowest BCUT2D eigenvalue weighted by Gasteiger charge is -2.15. The fourth-order valence-electron chi connectivity index (χ4n) is 2.77. The molecule has 1 nitrogen and oxygen atoms in total. The molecule has 0 bridgehead atoms. The molecule has 0 spiro atoms. The minimum Gasteiger partial charge on any atom is -0.392 e. The Hall–Kier alpha value is -1.34. The second kappa shape index (κ2) is 3.91. The summed E-state index contributed by atoms with van der Waals surface area (Å²) in [5.74, 6) is 0.351. The molecule has 1 saturated carbocycles. The summed E-state index contributed by atoms with van der Waals surface area (Å²) in [7, 11) is 0. The van der Waals surface area contributed by atoms with Crippen LogP contribution in [0.15, 0.2) is 42.5 Å². The van der Waals surface area contributed by atoms with Crippen LogP contribution >= 0.6 is 0 Å². The van der Waals surface area contributed by atoms with Gasteiger partial charge < -0.3 is 5.11 Å². The number of benzene rings is 2. The molecule has 3 rings (SSSR count). The summed E-state index contributed by atoms with van der Waals surface area (Å²) in [6, 6.07) is 15.0. The van der Waals surface area contributed by atoms with Gasteiger partial charge in [-0.2, -0.15) is 0 Å². The smallest absolute Gasteiger partial charge is 0.0608 e. The highest BCUT2D eigenvalue weighted by Gasteiger charge is 2.26. The van der Waals surface area contributed by atoms with Gasteiger partial charge in [-0.15, -0.1) is 0 Å². The number of fused-ring (bicyclic) bond motifs is 1. The molecule has 16 heavy (non-hydrogen) atoms. The first kappa shape index (κ1) is 9.86. The fraction of sp³-hybridized carbons (Fsp3) is 0.333. The van der Waals surface area contributed by atoms with Crippen molar-refractivity contribution < 1.29 is 5.11 Å². The van der Waals surface area contributed by atoms with Gasteiger partial charge in [0.25, 0.3) is 0 Å². The highest BCUT2D eigenvalue weighted by atomic mass is 16.3. The minimum atomic E-state index is -0.138. The van der Waals surface area contributed by atoms with E-state index in [1.165, 1.54) is 16.3 Å². The molecule has 0 aliphatic heterocycles. The summed E-state index contributed by atoms with van der Waals surface area (Å²) >= 11 is 0. The van der Waals surface area contributed by atoms with E-state index in [1.54, 1.807) is 0 Å². The fourth-order valence-corrected chi connectivity index (χ4v) is 2.77. The predicted octanol–water partition coefficient (Wildman–Crippen LogP) is 3.47. The zero-order chi connectivity index (χ0) is 11.0. The topological polar surface area (TPSA) is 20.2 Å². The molecule has 2 aromatic rings. The van der Waals surface area contributed by atoms with E-state index in [0.717, 1.165) is 19.3 Å². The normalized spacial score (nSPS) is 25.1. The third-order valence-corrected chi connectivity index (χ3v) is 3.68. The lowest BCUT2D eigenvalue weighted by Crippen LogP contribution is -2.10. The van der Waals surface area contributed by atoms with E-state index in [0.29, 0.717) is 5.92 Å². The molecule has 0 radical (unpaired) electrons. The molecule has 1 fully saturated rings. The van der Waals surface area contributed by atoms with Crippen LogP contribution in [0.2, 0.25) is 0 Å². The maximum Gasteiger partial charge on any atom is 0.0608 e. The molecule has 2 atom stereocenters. The number of hydrogen-bond donors (Lipinski definition) is 1. The van der Waals surface area contributed by atoms with E-state index in [4.69, 9.17) is 0 Å². The van der Waals surface area contributed by atoms with E-state index in [1.807, 2.05) is 0 Å². The van der Waals surface area contributed by atoms with Gasteiger partial charge in [0.1, 0.15) is 0 Å². The maximum absolute atomic E-state index is 9.91. The molecule has 0 aromatic heterocycles. The first-order chi connectivity index (χ1) is 7.84. The van der Waals surface area contributed by atoms with E-state index in [2.05, 4.69) is 42.5 Å². The van der Waals surface area contributed by atoms with Gasteiger partial charge in [0.2, 0.25) is 0 Å². The van der Waals surface area contributed by atoms with Crippen LogP contribution in [0.4, 0.5) is 0 Å². The van der Waals surface area contributed by atoms with Crippen molar-refractivity contribution in [3.63, 3.8) is 0 Å². The van der Waals surface area contributed by atoms with Crippen LogP contribution in [0, 0.1) is 0 Å².